The molecule has 1 heterocycles. The molecule has 4 nitrogen and oxygen atoms in total. The number of nitrogens with two attached hydrogens (primary N) is 1. The Kier molecular flexibility index (Phi) is 2.16. The highest BCUT2D eigenvalue weighted by molar-refractivity contribution is 7.99. The molecular weight excluding hydrogens is 148 g/mol. The minimum atomic E-state index is 0.492. The Labute approximate surface area is 63.8 Å². The lowest BCUT2D eigenvalue weighted by Gasteiger charge is -2.01. The maximum Gasteiger partial charge on any atom is 0.209 e. The van der Waals surface area contributed by atoms with Crippen LogP contribution in [0.4, 0.5) is 0 Å². The molecule has 0 fully saturated rings. The normalized spacial score (nSPS) is 10.7. The van der Waals surface area contributed by atoms with Crippen molar-refractivity contribution in [2.75, 3.05) is 5.84 Å². The van der Waals surface area contributed by atoms with Gasteiger partial charge in [0, 0.05) is 5.25 Å². The molecule has 1 rings (SSSR count). The van der Waals surface area contributed by atoms with Crippen molar-refractivity contribution in [2.24, 2.45) is 0 Å². The summed E-state index contributed by atoms with van der Waals surface area (Å²) >= 11 is 1.60. The van der Waals surface area contributed by atoms with Crippen LogP contribution in [0.25, 0.3) is 0 Å². The quantitative estimate of drug-likeness (QED) is 0.503. The van der Waals surface area contributed by atoms with Crippen molar-refractivity contribution in [2.45, 2.75) is 24.3 Å². The summed E-state index contributed by atoms with van der Waals surface area (Å²) < 4.78 is 1.42. The molecule has 0 saturated heterocycles. The molecule has 0 aromatic carbocycles. The van der Waals surface area contributed by atoms with Gasteiger partial charge in [0.1, 0.15) is 6.33 Å². The Bertz CT molecular complexity index is 207. The van der Waals surface area contributed by atoms with E-state index in [1.54, 1.807) is 11.8 Å². The largest absolute Gasteiger partial charge is 0.336 e. The molecule has 0 aliphatic heterocycles. The van der Waals surface area contributed by atoms with Crippen LogP contribution in [0, 0.1) is 0 Å². The van der Waals surface area contributed by atoms with E-state index in [0.29, 0.717) is 5.25 Å². The number of hydrogen-bond donors (Lipinski definition) is 1. The lowest BCUT2D eigenvalue weighted by Crippen LogP contribution is -2.08. The summed E-state index contributed by atoms with van der Waals surface area (Å²) in [6, 6.07) is 0. The minimum absolute atomic E-state index is 0.492. The van der Waals surface area contributed by atoms with Crippen molar-refractivity contribution in [3.05, 3.63) is 6.33 Å². The maximum absolute atomic E-state index is 5.46. The topological polar surface area (TPSA) is 56.7 Å². The van der Waals surface area contributed by atoms with Gasteiger partial charge in [-0.25, -0.2) is 4.68 Å². The number of rotatable bonds is 2. The molecule has 0 unspecified atom stereocenters. The molecule has 1 aromatic heterocycles. The summed E-state index contributed by atoms with van der Waals surface area (Å²) in [6.07, 6.45) is 1.49. The highest BCUT2D eigenvalue weighted by atomic mass is 32.2. The summed E-state index contributed by atoms with van der Waals surface area (Å²) in [6.45, 7) is 4.17. The smallest absolute Gasteiger partial charge is 0.209 e. The van der Waals surface area contributed by atoms with E-state index >= 15 is 0 Å². The van der Waals surface area contributed by atoms with Crippen LogP contribution in [-0.4, -0.2) is 20.1 Å². The van der Waals surface area contributed by atoms with E-state index in [1.165, 1.54) is 11.0 Å². The van der Waals surface area contributed by atoms with E-state index in [2.05, 4.69) is 24.0 Å². The number of thioether (sulfide) groups is 1. The Morgan fingerprint density at radius 2 is 2.40 bits per heavy atom. The van der Waals surface area contributed by atoms with Crippen LogP contribution in [0.3, 0.4) is 0 Å². The van der Waals surface area contributed by atoms with Gasteiger partial charge >= 0.3 is 0 Å². The predicted octanol–water partition coefficient (Wildman–Crippen LogP) is 0.492. The van der Waals surface area contributed by atoms with Gasteiger partial charge in [-0.05, 0) is 0 Å². The molecule has 56 valence electrons. The summed E-state index contributed by atoms with van der Waals surface area (Å²) in [4.78, 5) is 0. The Morgan fingerprint density at radius 3 is 2.80 bits per heavy atom. The Morgan fingerprint density at radius 1 is 1.70 bits per heavy atom. The third kappa shape index (κ3) is 1.63. The van der Waals surface area contributed by atoms with Gasteiger partial charge in [-0.2, -0.15) is 0 Å². The first-order valence-corrected chi connectivity index (χ1v) is 3.90. The summed E-state index contributed by atoms with van der Waals surface area (Å²) in [5.41, 5.74) is 0. The van der Waals surface area contributed by atoms with Crippen molar-refractivity contribution in [1.82, 2.24) is 14.9 Å². The fraction of sp³-hybridized carbons (Fsp3) is 0.600. The fourth-order valence-corrected chi connectivity index (χ4v) is 1.21. The molecule has 0 aliphatic rings. The lowest BCUT2D eigenvalue weighted by atomic mass is 10.6. The molecular formula is C5H10N4S. The van der Waals surface area contributed by atoms with E-state index in [-0.39, 0.29) is 0 Å². The zero-order chi connectivity index (χ0) is 7.56. The van der Waals surface area contributed by atoms with Crippen LogP contribution in [-0.2, 0) is 0 Å². The van der Waals surface area contributed by atoms with Crippen LogP contribution in [0.5, 0.6) is 0 Å². The SMILES string of the molecule is CC(C)Sc1nncn1N. The van der Waals surface area contributed by atoms with Crippen LogP contribution in [0.15, 0.2) is 11.5 Å². The average Bonchev–Trinajstić information content (AvgIpc) is 2.15. The Balaban J connectivity index is 2.65. The Hall–Kier alpha value is -0.710. The molecule has 0 aliphatic carbocycles. The molecule has 1 aromatic rings. The number of nitrogens with zero attached hydrogens (tertiary/aromatic N) is 3. The van der Waals surface area contributed by atoms with Crippen molar-refractivity contribution >= 4 is 11.8 Å². The van der Waals surface area contributed by atoms with Gasteiger partial charge in [0.15, 0.2) is 0 Å². The first-order valence-electron chi connectivity index (χ1n) is 3.02. The number of hydrogen-bond acceptors (Lipinski definition) is 4. The van der Waals surface area contributed by atoms with Gasteiger partial charge < -0.3 is 5.84 Å². The molecule has 10 heavy (non-hydrogen) atoms. The van der Waals surface area contributed by atoms with Gasteiger partial charge in [0.05, 0.1) is 0 Å². The van der Waals surface area contributed by atoms with Crippen molar-refractivity contribution < 1.29 is 0 Å². The molecule has 0 bridgehead atoms. The number of aromatic nitrogens is 3. The lowest BCUT2D eigenvalue weighted by molar-refractivity contribution is 0.841. The van der Waals surface area contributed by atoms with Crippen LogP contribution in [0.2, 0.25) is 0 Å². The van der Waals surface area contributed by atoms with Crippen LogP contribution in [0.1, 0.15) is 13.8 Å². The standard InChI is InChI=1S/C5H10N4S/c1-4(2)10-5-8-7-3-9(5)6/h3-4H,6H2,1-2H3. The van der Waals surface area contributed by atoms with Gasteiger partial charge in [-0.1, -0.05) is 25.6 Å². The third-order valence-electron chi connectivity index (χ3n) is 0.881. The van der Waals surface area contributed by atoms with E-state index in [1.807, 2.05) is 0 Å². The molecule has 0 spiro atoms. The zero-order valence-corrected chi connectivity index (χ0v) is 6.80. The highest BCUT2D eigenvalue weighted by Gasteiger charge is 2.03. The van der Waals surface area contributed by atoms with Gasteiger partial charge in [-0.15, -0.1) is 10.2 Å². The second kappa shape index (κ2) is 2.92. The zero-order valence-electron chi connectivity index (χ0n) is 5.98. The average molecular weight is 158 g/mol. The van der Waals surface area contributed by atoms with Crippen LogP contribution < -0.4 is 5.84 Å². The second-order valence-electron chi connectivity index (χ2n) is 2.19. The summed E-state index contributed by atoms with van der Waals surface area (Å²) in [5.74, 6) is 5.46. The van der Waals surface area contributed by atoms with Gasteiger partial charge in [-0.3, -0.25) is 0 Å². The maximum atomic E-state index is 5.46. The molecule has 5 heteroatoms. The summed E-state index contributed by atoms with van der Waals surface area (Å²) in [7, 11) is 0. The van der Waals surface area contributed by atoms with Gasteiger partial charge in [0.2, 0.25) is 5.16 Å². The molecule has 0 saturated carbocycles. The second-order valence-corrected chi connectivity index (χ2v) is 3.73. The van der Waals surface area contributed by atoms with E-state index in [9.17, 15) is 0 Å². The van der Waals surface area contributed by atoms with Crippen molar-refractivity contribution in [3.8, 4) is 0 Å². The first kappa shape index (κ1) is 7.40. The molecule has 0 atom stereocenters. The molecule has 0 radical (unpaired) electrons. The van der Waals surface area contributed by atoms with Crippen molar-refractivity contribution in [1.29, 1.82) is 0 Å². The minimum Gasteiger partial charge on any atom is -0.336 e. The molecule has 2 N–H and O–H groups in total. The molecule has 0 amide bonds. The number of nitrogen functional groups attached to an aromatic ring is 1. The third-order valence-corrected chi connectivity index (χ3v) is 1.86. The van der Waals surface area contributed by atoms with E-state index in [0.717, 1.165) is 5.16 Å². The monoisotopic (exact) mass is 158 g/mol. The van der Waals surface area contributed by atoms with Gasteiger partial charge in [0.25, 0.3) is 0 Å². The highest BCUT2D eigenvalue weighted by Crippen LogP contribution is 2.17. The van der Waals surface area contributed by atoms with E-state index < -0.39 is 0 Å². The first-order chi connectivity index (χ1) is 4.70. The summed E-state index contributed by atoms with van der Waals surface area (Å²) in [5, 5.41) is 8.70. The predicted molar refractivity (Wildman–Crippen MR) is 41.2 cm³/mol. The van der Waals surface area contributed by atoms with Crippen LogP contribution >= 0.6 is 11.8 Å². The fourth-order valence-electron chi connectivity index (χ4n) is 0.527. The van der Waals surface area contributed by atoms with E-state index in [4.69, 9.17) is 5.84 Å². The van der Waals surface area contributed by atoms with Crippen molar-refractivity contribution in [3.63, 3.8) is 0 Å².